The minimum Gasteiger partial charge on any atom is -0.358 e. The number of anilines is 1. The third-order valence-electron chi connectivity index (χ3n) is 6.14. The lowest BCUT2D eigenvalue weighted by Crippen LogP contribution is -2.47. The molecule has 2 saturated heterocycles. The number of hydrogen-bond donors (Lipinski definition) is 0. The van der Waals surface area contributed by atoms with Gasteiger partial charge in [0.15, 0.2) is 0 Å². The monoisotopic (exact) mass is 339 g/mol. The average Bonchev–Trinajstić information content (AvgIpc) is 3.12. The van der Waals surface area contributed by atoms with Gasteiger partial charge in [-0.05, 0) is 50.8 Å². The van der Waals surface area contributed by atoms with E-state index >= 15 is 0 Å². The normalized spacial score (nSPS) is 26.0. The number of pyridine rings is 1. The minimum absolute atomic E-state index is 0.436. The Morgan fingerprint density at radius 3 is 2.72 bits per heavy atom. The molecule has 25 heavy (non-hydrogen) atoms. The van der Waals surface area contributed by atoms with Gasteiger partial charge in [0.1, 0.15) is 11.5 Å². The molecule has 0 amide bonds. The van der Waals surface area contributed by atoms with Crippen LogP contribution < -0.4 is 4.90 Å². The van der Waals surface area contributed by atoms with Crippen molar-refractivity contribution in [1.29, 1.82) is 0 Å². The maximum atomic E-state index is 5.05. The van der Waals surface area contributed by atoms with E-state index in [4.69, 9.17) is 4.98 Å². The van der Waals surface area contributed by atoms with Gasteiger partial charge >= 0.3 is 0 Å². The van der Waals surface area contributed by atoms with Crippen LogP contribution in [0.2, 0.25) is 0 Å². The standard InChI is InChI=1S/C20H29N5/c1-22-11-12-24(13-16-7-8-16)18(15-22)17-14-25-19(21-17)5-4-6-20(25)23-9-2-3-10-23/h4-6,14,16,18H,2-3,7-13,15H2,1H3/t18-/m1/s1. The molecule has 0 aromatic carbocycles. The Labute approximate surface area is 150 Å². The summed E-state index contributed by atoms with van der Waals surface area (Å²) in [5.74, 6) is 2.25. The molecule has 1 saturated carbocycles. The highest BCUT2D eigenvalue weighted by molar-refractivity contribution is 5.53. The van der Waals surface area contributed by atoms with Gasteiger partial charge in [0.05, 0.1) is 11.7 Å². The first kappa shape index (κ1) is 15.6. The predicted octanol–water partition coefficient (Wildman–Crippen LogP) is 2.63. The summed E-state index contributed by atoms with van der Waals surface area (Å²) in [7, 11) is 2.24. The zero-order chi connectivity index (χ0) is 16.8. The maximum absolute atomic E-state index is 5.05. The number of fused-ring (bicyclic) bond motifs is 1. The fourth-order valence-corrected chi connectivity index (χ4v) is 4.47. The van der Waals surface area contributed by atoms with Gasteiger partial charge in [-0.15, -0.1) is 0 Å². The van der Waals surface area contributed by atoms with Crippen LogP contribution in [-0.2, 0) is 0 Å². The molecule has 1 atom stereocenters. The van der Waals surface area contributed by atoms with Gasteiger partial charge in [0.25, 0.3) is 0 Å². The van der Waals surface area contributed by atoms with Crippen LogP contribution in [0.15, 0.2) is 24.4 Å². The molecule has 2 aromatic rings. The Bertz CT molecular complexity index is 744. The van der Waals surface area contributed by atoms with Gasteiger partial charge in [-0.3, -0.25) is 9.30 Å². The third kappa shape index (κ3) is 3.04. The van der Waals surface area contributed by atoms with Gasteiger partial charge in [0.2, 0.25) is 0 Å². The molecule has 2 aromatic heterocycles. The predicted molar refractivity (Wildman–Crippen MR) is 101 cm³/mol. The highest BCUT2D eigenvalue weighted by Crippen LogP contribution is 2.34. The molecule has 0 spiro atoms. The number of likely N-dealkylation sites (N-methyl/N-ethyl adjacent to an activating group) is 1. The molecule has 0 unspecified atom stereocenters. The quantitative estimate of drug-likeness (QED) is 0.856. The summed E-state index contributed by atoms with van der Waals surface area (Å²) in [6, 6.07) is 7.00. The van der Waals surface area contributed by atoms with Crippen molar-refractivity contribution in [3.63, 3.8) is 0 Å². The number of nitrogens with zero attached hydrogens (tertiary/aromatic N) is 5. The van der Waals surface area contributed by atoms with Gasteiger partial charge in [-0.2, -0.15) is 0 Å². The van der Waals surface area contributed by atoms with Crippen LogP contribution in [0, 0.1) is 5.92 Å². The van der Waals surface area contributed by atoms with Crippen LogP contribution in [-0.4, -0.2) is 65.5 Å². The second-order valence-corrected chi connectivity index (χ2v) is 8.19. The van der Waals surface area contributed by atoms with E-state index in [1.165, 1.54) is 69.9 Å². The zero-order valence-electron chi connectivity index (χ0n) is 15.3. The Kier molecular flexibility index (Phi) is 3.94. The van der Waals surface area contributed by atoms with Crippen molar-refractivity contribution in [2.24, 2.45) is 5.92 Å². The van der Waals surface area contributed by atoms with Crippen molar-refractivity contribution in [2.75, 3.05) is 51.2 Å². The van der Waals surface area contributed by atoms with Gasteiger partial charge in [-0.25, -0.2) is 4.98 Å². The van der Waals surface area contributed by atoms with Gasteiger partial charge < -0.3 is 9.80 Å². The third-order valence-corrected chi connectivity index (χ3v) is 6.14. The summed E-state index contributed by atoms with van der Waals surface area (Å²) in [5.41, 5.74) is 2.35. The number of aromatic nitrogens is 2. The SMILES string of the molecule is CN1CCN(CC2CC2)[C@@H](c2cn3c(N4CCCC4)cccc3n2)C1. The number of piperazine rings is 1. The molecular weight excluding hydrogens is 310 g/mol. The molecule has 5 nitrogen and oxygen atoms in total. The van der Waals surface area contributed by atoms with Crippen LogP contribution in [0.4, 0.5) is 5.82 Å². The molecule has 5 rings (SSSR count). The Morgan fingerprint density at radius 2 is 1.92 bits per heavy atom. The van der Waals surface area contributed by atoms with E-state index in [9.17, 15) is 0 Å². The van der Waals surface area contributed by atoms with E-state index in [0.717, 1.165) is 18.1 Å². The highest BCUT2D eigenvalue weighted by Gasteiger charge is 2.33. The molecule has 5 heteroatoms. The Hall–Kier alpha value is -1.59. The van der Waals surface area contributed by atoms with Crippen LogP contribution in [0.3, 0.4) is 0 Å². The minimum atomic E-state index is 0.436. The molecule has 0 radical (unpaired) electrons. The smallest absolute Gasteiger partial charge is 0.138 e. The van der Waals surface area contributed by atoms with Crippen molar-refractivity contribution >= 4 is 11.5 Å². The fourth-order valence-electron chi connectivity index (χ4n) is 4.47. The topological polar surface area (TPSA) is 27.0 Å². The first-order chi connectivity index (χ1) is 12.3. The van der Waals surface area contributed by atoms with Crippen molar-refractivity contribution in [3.05, 3.63) is 30.1 Å². The van der Waals surface area contributed by atoms with Gasteiger partial charge in [-0.1, -0.05) is 6.07 Å². The maximum Gasteiger partial charge on any atom is 0.138 e. The second kappa shape index (κ2) is 6.29. The zero-order valence-corrected chi connectivity index (χ0v) is 15.3. The summed E-state index contributed by atoms with van der Waals surface area (Å²) in [5, 5.41) is 0. The van der Waals surface area contributed by atoms with Crippen molar-refractivity contribution in [1.82, 2.24) is 19.2 Å². The van der Waals surface area contributed by atoms with Crippen LogP contribution in [0.5, 0.6) is 0 Å². The van der Waals surface area contributed by atoms with Crippen LogP contribution in [0.1, 0.15) is 37.4 Å². The van der Waals surface area contributed by atoms with E-state index in [1.54, 1.807) is 0 Å². The van der Waals surface area contributed by atoms with Gasteiger partial charge in [0, 0.05) is 45.5 Å². The number of imidazole rings is 1. The molecule has 1 aliphatic carbocycles. The summed E-state index contributed by atoms with van der Waals surface area (Å²) < 4.78 is 2.32. The van der Waals surface area contributed by atoms with E-state index in [0.29, 0.717) is 6.04 Å². The first-order valence-electron chi connectivity index (χ1n) is 9.93. The van der Waals surface area contributed by atoms with E-state index in [2.05, 4.69) is 50.5 Å². The Morgan fingerprint density at radius 1 is 1.08 bits per heavy atom. The summed E-state index contributed by atoms with van der Waals surface area (Å²) in [4.78, 5) is 12.7. The number of rotatable bonds is 4. The first-order valence-corrected chi connectivity index (χ1v) is 9.93. The largest absolute Gasteiger partial charge is 0.358 e. The molecule has 0 bridgehead atoms. The fraction of sp³-hybridized carbons (Fsp3) is 0.650. The molecule has 2 aliphatic heterocycles. The number of hydrogen-bond acceptors (Lipinski definition) is 4. The van der Waals surface area contributed by atoms with Crippen molar-refractivity contribution < 1.29 is 0 Å². The van der Waals surface area contributed by atoms with Crippen molar-refractivity contribution in [2.45, 2.75) is 31.7 Å². The molecule has 0 N–H and O–H groups in total. The lowest BCUT2D eigenvalue weighted by Gasteiger charge is -2.39. The molecular formula is C20H29N5. The summed E-state index contributed by atoms with van der Waals surface area (Å²) in [6.45, 7) is 7.04. The van der Waals surface area contributed by atoms with E-state index < -0.39 is 0 Å². The Balaban J connectivity index is 1.49. The molecule has 3 aliphatic rings. The van der Waals surface area contributed by atoms with Crippen molar-refractivity contribution in [3.8, 4) is 0 Å². The van der Waals surface area contributed by atoms with Crippen LogP contribution >= 0.6 is 0 Å². The lowest BCUT2D eigenvalue weighted by atomic mass is 10.1. The summed E-state index contributed by atoms with van der Waals surface area (Å²) >= 11 is 0. The van der Waals surface area contributed by atoms with E-state index in [1.807, 2.05) is 0 Å². The lowest BCUT2D eigenvalue weighted by molar-refractivity contribution is 0.0836. The molecule has 3 fully saturated rings. The highest BCUT2D eigenvalue weighted by atomic mass is 15.3. The second-order valence-electron chi connectivity index (χ2n) is 8.19. The van der Waals surface area contributed by atoms with E-state index in [-0.39, 0.29) is 0 Å². The molecule has 4 heterocycles. The molecule has 134 valence electrons. The van der Waals surface area contributed by atoms with Crippen LogP contribution in [0.25, 0.3) is 5.65 Å². The average molecular weight is 339 g/mol. The summed E-state index contributed by atoms with van der Waals surface area (Å²) in [6.07, 6.45) is 7.76.